The molecular weight excluding hydrogens is 256 g/mol. The molecule has 1 aliphatic carbocycles. The summed E-state index contributed by atoms with van der Waals surface area (Å²) in [5.41, 5.74) is 5.48. The van der Waals surface area contributed by atoms with Gasteiger partial charge in [0, 0.05) is 17.5 Å². The molecule has 1 heterocycles. The minimum Gasteiger partial charge on any atom is -0.326 e. The molecule has 17 heavy (non-hydrogen) atoms. The van der Waals surface area contributed by atoms with Gasteiger partial charge in [0.2, 0.25) is 10.0 Å². The van der Waals surface area contributed by atoms with Crippen LogP contribution in [-0.4, -0.2) is 14.5 Å². The van der Waals surface area contributed by atoms with Crippen LogP contribution in [0.1, 0.15) is 31.1 Å². The fourth-order valence-corrected chi connectivity index (χ4v) is 4.34. The molecule has 96 valence electrons. The zero-order chi connectivity index (χ0) is 12.5. The summed E-state index contributed by atoms with van der Waals surface area (Å²) in [6.45, 7) is 2.31. The highest BCUT2D eigenvalue weighted by Gasteiger charge is 2.26. The van der Waals surface area contributed by atoms with Gasteiger partial charge in [0.25, 0.3) is 0 Å². The van der Waals surface area contributed by atoms with Gasteiger partial charge in [-0.25, -0.2) is 13.1 Å². The molecule has 2 rings (SSSR count). The van der Waals surface area contributed by atoms with Crippen molar-refractivity contribution in [2.75, 3.05) is 0 Å². The number of thiophene rings is 1. The van der Waals surface area contributed by atoms with Crippen molar-refractivity contribution in [1.82, 2.24) is 4.72 Å². The number of nitrogens with two attached hydrogens (primary N) is 1. The Kier molecular flexibility index (Phi) is 3.87. The fraction of sp³-hybridized carbons (Fsp3) is 0.636. The lowest BCUT2D eigenvalue weighted by atomic mass is 10.2. The molecule has 0 amide bonds. The van der Waals surface area contributed by atoms with Gasteiger partial charge in [0.1, 0.15) is 4.21 Å². The summed E-state index contributed by atoms with van der Waals surface area (Å²) in [5, 5.41) is 0. The summed E-state index contributed by atoms with van der Waals surface area (Å²) in [6, 6.07) is 3.40. The summed E-state index contributed by atoms with van der Waals surface area (Å²) >= 11 is 1.24. The van der Waals surface area contributed by atoms with E-state index in [1.807, 2.05) is 6.92 Å². The van der Waals surface area contributed by atoms with Gasteiger partial charge in [-0.2, -0.15) is 0 Å². The van der Waals surface area contributed by atoms with Crippen LogP contribution >= 0.6 is 11.3 Å². The van der Waals surface area contributed by atoms with Crippen LogP contribution in [0.5, 0.6) is 0 Å². The number of hydrogen-bond donors (Lipinski definition) is 2. The summed E-state index contributed by atoms with van der Waals surface area (Å²) in [7, 11) is -3.35. The molecule has 6 heteroatoms. The van der Waals surface area contributed by atoms with Crippen molar-refractivity contribution >= 4 is 21.4 Å². The Hall–Kier alpha value is -0.430. The third-order valence-corrected chi connectivity index (χ3v) is 6.03. The first-order valence-corrected chi connectivity index (χ1v) is 8.12. The van der Waals surface area contributed by atoms with E-state index in [4.69, 9.17) is 5.73 Å². The second kappa shape index (κ2) is 5.06. The lowest BCUT2D eigenvalue weighted by Gasteiger charge is -2.12. The molecule has 0 spiro atoms. The molecule has 0 bridgehead atoms. The van der Waals surface area contributed by atoms with E-state index in [1.54, 1.807) is 12.1 Å². The zero-order valence-electron chi connectivity index (χ0n) is 9.85. The highest BCUT2D eigenvalue weighted by molar-refractivity contribution is 7.91. The van der Waals surface area contributed by atoms with E-state index < -0.39 is 10.0 Å². The van der Waals surface area contributed by atoms with Crippen LogP contribution in [0.4, 0.5) is 0 Å². The number of rotatable bonds is 6. The van der Waals surface area contributed by atoms with Crippen LogP contribution in [-0.2, 0) is 16.6 Å². The lowest BCUT2D eigenvalue weighted by Crippen LogP contribution is -2.32. The molecule has 0 radical (unpaired) electrons. The van der Waals surface area contributed by atoms with Crippen LogP contribution in [0.15, 0.2) is 16.3 Å². The Morgan fingerprint density at radius 3 is 2.76 bits per heavy atom. The molecule has 1 saturated carbocycles. The molecule has 0 saturated heterocycles. The van der Waals surface area contributed by atoms with Crippen LogP contribution in [0, 0.1) is 5.92 Å². The van der Waals surface area contributed by atoms with E-state index in [-0.39, 0.29) is 6.04 Å². The summed E-state index contributed by atoms with van der Waals surface area (Å²) < 4.78 is 27.1. The fourth-order valence-electron chi connectivity index (χ4n) is 1.84. The largest absolute Gasteiger partial charge is 0.326 e. The maximum absolute atomic E-state index is 12.0. The van der Waals surface area contributed by atoms with Crippen molar-refractivity contribution in [3.8, 4) is 0 Å². The Morgan fingerprint density at radius 2 is 2.24 bits per heavy atom. The average molecular weight is 274 g/mol. The topological polar surface area (TPSA) is 72.2 Å². The van der Waals surface area contributed by atoms with Gasteiger partial charge in [-0.15, -0.1) is 11.3 Å². The first-order valence-electron chi connectivity index (χ1n) is 5.82. The van der Waals surface area contributed by atoms with E-state index >= 15 is 0 Å². The second-order valence-electron chi connectivity index (χ2n) is 4.63. The lowest BCUT2D eigenvalue weighted by molar-refractivity contribution is 0.531. The van der Waals surface area contributed by atoms with E-state index in [0.717, 1.165) is 17.2 Å². The minimum atomic E-state index is -3.35. The Morgan fingerprint density at radius 1 is 1.53 bits per heavy atom. The van der Waals surface area contributed by atoms with Gasteiger partial charge < -0.3 is 5.73 Å². The van der Waals surface area contributed by atoms with E-state index in [2.05, 4.69) is 4.72 Å². The first-order chi connectivity index (χ1) is 8.01. The van der Waals surface area contributed by atoms with Crippen molar-refractivity contribution < 1.29 is 8.42 Å². The minimum absolute atomic E-state index is 0.0101. The standard InChI is InChI=1S/C11H18N2O2S2/c1-8(6-9-2-3-9)13-17(14,15)11-5-4-10(7-12)16-11/h4-5,8-9,13H,2-3,6-7,12H2,1H3. The Balaban J connectivity index is 2.01. The van der Waals surface area contributed by atoms with Gasteiger partial charge in [0.15, 0.2) is 0 Å². The third-order valence-electron chi connectivity index (χ3n) is 2.84. The molecular formula is C11H18N2O2S2. The average Bonchev–Trinajstić information content (AvgIpc) is 2.92. The predicted octanol–water partition coefficient (Wildman–Crippen LogP) is 1.67. The quantitative estimate of drug-likeness (QED) is 0.829. The van der Waals surface area contributed by atoms with Crippen molar-refractivity contribution in [2.24, 2.45) is 11.7 Å². The zero-order valence-corrected chi connectivity index (χ0v) is 11.5. The Bertz CT molecular complexity index is 477. The predicted molar refractivity (Wildman–Crippen MR) is 69.3 cm³/mol. The number of sulfonamides is 1. The first kappa shape index (κ1) is 13.0. The van der Waals surface area contributed by atoms with Crippen LogP contribution < -0.4 is 10.5 Å². The van der Waals surface area contributed by atoms with Crippen LogP contribution in [0.2, 0.25) is 0 Å². The molecule has 1 fully saturated rings. The maximum atomic E-state index is 12.0. The SMILES string of the molecule is CC(CC1CC1)NS(=O)(=O)c1ccc(CN)s1. The van der Waals surface area contributed by atoms with Gasteiger partial charge in [-0.3, -0.25) is 0 Å². The van der Waals surface area contributed by atoms with Gasteiger partial charge in [-0.05, 0) is 31.4 Å². The molecule has 1 aromatic heterocycles. The van der Waals surface area contributed by atoms with Crippen molar-refractivity contribution in [3.05, 3.63) is 17.0 Å². The molecule has 0 aliphatic heterocycles. The highest BCUT2D eigenvalue weighted by atomic mass is 32.2. The van der Waals surface area contributed by atoms with E-state index in [0.29, 0.717) is 10.8 Å². The molecule has 1 unspecified atom stereocenters. The van der Waals surface area contributed by atoms with Gasteiger partial charge >= 0.3 is 0 Å². The van der Waals surface area contributed by atoms with E-state index in [9.17, 15) is 8.42 Å². The maximum Gasteiger partial charge on any atom is 0.250 e. The normalized spacial score (nSPS) is 18.2. The van der Waals surface area contributed by atoms with Gasteiger partial charge in [0.05, 0.1) is 0 Å². The molecule has 1 atom stereocenters. The molecule has 1 aliphatic rings. The summed E-state index contributed by atoms with van der Waals surface area (Å²) in [5.74, 6) is 0.718. The highest BCUT2D eigenvalue weighted by Crippen LogP contribution is 2.33. The van der Waals surface area contributed by atoms with E-state index in [1.165, 1.54) is 24.2 Å². The molecule has 0 aromatic carbocycles. The second-order valence-corrected chi connectivity index (χ2v) is 7.74. The molecule has 3 N–H and O–H groups in total. The number of hydrogen-bond acceptors (Lipinski definition) is 4. The van der Waals surface area contributed by atoms with Crippen LogP contribution in [0.3, 0.4) is 0 Å². The van der Waals surface area contributed by atoms with Crippen molar-refractivity contribution in [3.63, 3.8) is 0 Å². The Labute approximate surface area is 106 Å². The van der Waals surface area contributed by atoms with Crippen molar-refractivity contribution in [1.29, 1.82) is 0 Å². The van der Waals surface area contributed by atoms with Crippen LogP contribution in [0.25, 0.3) is 0 Å². The summed E-state index contributed by atoms with van der Waals surface area (Å²) in [4.78, 5) is 0.889. The number of nitrogens with one attached hydrogen (secondary N) is 1. The summed E-state index contributed by atoms with van der Waals surface area (Å²) in [6.07, 6.45) is 3.42. The van der Waals surface area contributed by atoms with Crippen molar-refractivity contribution in [2.45, 2.75) is 43.0 Å². The monoisotopic (exact) mass is 274 g/mol. The molecule has 1 aromatic rings. The smallest absolute Gasteiger partial charge is 0.250 e. The molecule has 4 nitrogen and oxygen atoms in total. The van der Waals surface area contributed by atoms with Gasteiger partial charge in [-0.1, -0.05) is 12.8 Å². The third kappa shape index (κ3) is 3.51.